The molecule has 0 amide bonds. The molecule has 0 bridgehead atoms. The number of fused-ring (bicyclic) bond motifs is 1. The largest absolute Gasteiger partial charge is 0.387 e. The number of likely N-dealkylation sites (N-methyl/N-ethyl adjacent to an activating group) is 1. The Hall–Kier alpha value is -2.79. The van der Waals surface area contributed by atoms with E-state index in [1.807, 2.05) is 42.5 Å². The Labute approximate surface area is 166 Å². The fourth-order valence-corrected chi connectivity index (χ4v) is 3.75. The molecule has 28 heavy (non-hydrogen) atoms. The highest BCUT2D eigenvalue weighted by Crippen LogP contribution is 2.32. The van der Waals surface area contributed by atoms with Crippen LogP contribution in [0.2, 0.25) is 0 Å². The summed E-state index contributed by atoms with van der Waals surface area (Å²) >= 11 is 0. The van der Waals surface area contributed by atoms with Gasteiger partial charge in [-0.1, -0.05) is 35.9 Å². The van der Waals surface area contributed by atoms with Gasteiger partial charge in [0.25, 0.3) is 0 Å². The van der Waals surface area contributed by atoms with Gasteiger partial charge in [-0.15, -0.1) is 0 Å². The molecule has 2 heterocycles. The van der Waals surface area contributed by atoms with Crippen LogP contribution in [0.5, 0.6) is 0 Å². The molecule has 0 aliphatic heterocycles. The topological polar surface area (TPSA) is 62.1 Å². The van der Waals surface area contributed by atoms with Crippen LogP contribution in [0.1, 0.15) is 41.8 Å². The second-order valence-electron chi connectivity index (χ2n) is 7.33. The highest BCUT2D eigenvalue weighted by Gasteiger charge is 2.24. The molecule has 0 radical (unpaired) electrons. The smallest absolute Gasteiger partial charge is 0.180 e. The number of benzene rings is 1. The van der Waals surface area contributed by atoms with Gasteiger partial charge in [-0.3, -0.25) is 4.98 Å². The lowest BCUT2D eigenvalue weighted by atomic mass is 10.1. The number of pyridine rings is 1. The second kappa shape index (κ2) is 8.07. The fraction of sp³-hybridized carbons (Fsp3) is 0.348. The maximum absolute atomic E-state index is 10.8. The van der Waals surface area contributed by atoms with Crippen molar-refractivity contribution in [3.05, 3.63) is 71.0 Å². The Morgan fingerprint density at radius 3 is 2.61 bits per heavy atom. The number of hydrogen-bond acceptors (Lipinski definition) is 5. The molecule has 1 atom stereocenters. The van der Waals surface area contributed by atoms with Gasteiger partial charge in [0.1, 0.15) is 11.5 Å². The van der Waals surface area contributed by atoms with Gasteiger partial charge in [0.15, 0.2) is 5.82 Å². The zero-order chi connectivity index (χ0) is 19.5. The van der Waals surface area contributed by atoms with E-state index in [1.165, 1.54) is 11.1 Å². The van der Waals surface area contributed by atoms with Gasteiger partial charge in [0.2, 0.25) is 0 Å². The summed E-state index contributed by atoms with van der Waals surface area (Å²) in [5.74, 6) is 1.61. The molecule has 5 nitrogen and oxygen atoms in total. The molecule has 0 fully saturated rings. The third-order valence-electron chi connectivity index (χ3n) is 5.34. The molecule has 0 saturated heterocycles. The second-order valence-corrected chi connectivity index (χ2v) is 7.33. The van der Waals surface area contributed by atoms with E-state index in [0.717, 1.165) is 48.6 Å². The lowest BCUT2D eigenvalue weighted by molar-refractivity contribution is 0.183. The predicted octanol–water partition coefficient (Wildman–Crippen LogP) is 3.90. The van der Waals surface area contributed by atoms with Gasteiger partial charge in [-0.2, -0.15) is 0 Å². The zero-order valence-corrected chi connectivity index (χ0v) is 16.5. The van der Waals surface area contributed by atoms with Crippen LogP contribution < -0.4 is 4.90 Å². The van der Waals surface area contributed by atoms with Gasteiger partial charge in [-0.25, -0.2) is 9.97 Å². The van der Waals surface area contributed by atoms with Crippen LogP contribution >= 0.6 is 0 Å². The lowest BCUT2D eigenvalue weighted by Gasteiger charge is -2.27. The number of aryl methyl sites for hydroxylation is 2. The number of rotatable bonds is 6. The Morgan fingerprint density at radius 1 is 1.07 bits per heavy atom. The Bertz CT molecular complexity index is 941. The molecular weight excluding hydrogens is 348 g/mol. The minimum absolute atomic E-state index is 0.505. The van der Waals surface area contributed by atoms with E-state index in [-0.39, 0.29) is 0 Å². The maximum atomic E-state index is 10.8. The van der Waals surface area contributed by atoms with E-state index in [4.69, 9.17) is 9.97 Å². The van der Waals surface area contributed by atoms with Crippen LogP contribution in [0.4, 0.5) is 5.82 Å². The average Bonchev–Trinajstić information content (AvgIpc) is 3.21. The molecule has 2 aromatic heterocycles. The molecule has 0 spiro atoms. The standard InChI is InChI=1S/C23H26N4O/c1-3-27(15-21(28)17-12-10-16(2)11-13-17)23-18-7-6-9-19(18)25-22(26-23)20-8-4-5-14-24-20/h4-5,8,10-14,21,28H,3,6-7,9,15H2,1-2H3. The van der Waals surface area contributed by atoms with Crippen LogP contribution in [-0.2, 0) is 12.8 Å². The molecule has 4 rings (SSSR count). The Morgan fingerprint density at radius 2 is 1.89 bits per heavy atom. The third-order valence-corrected chi connectivity index (χ3v) is 5.34. The molecule has 1 aliphatic rings. The van der Waals surface area contributed by atoms with Crippen molar-refractivity contribution in [1.29, 1.82) is 0 Å². The van der Waals surface area contributed by atoms with Gasteiger partial charge in [0, 0.05) is 30.5 Å². The first-order valence-electron chi connectivity index (χ1n) is 9.96. The van der Waals surface area contributed by atoms with Crippen LogP contribution in [-0.4, -0.2) is 33.1 Å². The van der Waals surface area contributed by atoms with Crippen molar-refractivity contribution in [2.24, 2.45) is 0 Å². The van der Waals surface area contributed by atoms with Crippen molar-refractivity contribution < 1.29 is 5.11 Å². The predicted molar refractivity (Wildman–Crippen MR) is 111 cm³/mol. The summed E-state index contributed by atoms with van der Waals surface area (Å²) in [6.07, 6.45) is 4.27. The first-order valence-corrected chi connectivity index (χ1v) is 9.96. The van der Waals surface area contributed by atoms with E-state index in [2.05, 4.69) is 23.7 Å². The number of aliphatic hydroxyl groups excluding tert-OH is 1. The minimum atomic E-state index is -0.564. The first-order chi connectivity index (χ1) is 13.7. The van der Waals surface area contributed by atoms with Crippen molar-refractivity contribution in [3.8, 4) is 11.5 Å². The highest BCUT2D eigenvalue weighted by molar-refractivity contribution is 5.59. The highest BCUT2D eigenvalue weighted by atomic mass is 16.3. The van der Waals surface area contributed by atoms with Gasteiger partial charge in [-0.05, 0) is 50.8 Å². The average molecular weight is 374 g/mol. The van der Waals surface area contributed by atoms with Crippen molar-refractivity contribution >= 4 is 5.82 Å². The number of nitrogens with zero attached hydrogens (tertiary/aromatic N) is 4. The molecule has 1 N–H and O–H groups in total. The normalized spacial score (nSPS) is 14.0. The zero-order valence-electron chi connectivity index (χ0n) is 16.5. The van der Waals surface area contributed by atoms with E-state index >= 15 is 0 Å². The van der Waals surface area contributed by atoms with Gasteiger partial charge >= 0.3 is 0 Å². The fourth-order valence-electron chi connectivity index (χ4n) is 3.75. The summed E-state index contributed by atoms with van der Waals surface area (Å²) in [7, 11) is 0. The summed E-state index contributed by atoms with van der Waals surface area (Å²) in [6.45, 7) is 5.43. The summed E-state index contributed by atoms with van der Waals surface area (Å²) in [6, 6.07) is 13.9. The monoisotopic (exact) mass is 374 g/mol. The molecule has 1 aromatic carbocycles. The minimum Gasteiger partial charge on any atom is -0.387 e. The number of aliphatic hydroxyl groups is 1. The van der Waals surface area contributed by atoms with E-state index < -0.39 is 6.10 Å². The quantitative estimate of drug-likeness (QED) is 0.709. The van der Waals surface area contributed by atoms with Crippen LogP contribution in [0, 0.1) is 6.92 Å². The maximum Gasteiger partial charge on any atom is 0.180 e. The van der Waals surface area contributed by atoms with Gasteiger partial charge < -0.3 is 10.0 Å². The summed E-state index contributed by atoms with van der Waals surface area (Å²) in [4.78, 5) is 16.3. The van der Waals surface area contributed by atoms with Crippen molar-refractivity contribution in [2.75, 3.05) is 18.0 Å². The molecule has 1 unspecified atom stereocenters. The van der Waals surface area contributed by atoms with E-state index in [0.29, 0.717) is 12.4 Å². The SMILES string of the molecule is CCN(CC(O)c1ccc(C)cc1)c1nc(-c2ccccn2)nc2c1CCC2. The number of hydrogen-bond donors (Lipinski definition) is 1. The molecule has 0 saturated carbocycles. The first kappa shape index (κ1) is 18.6. The van der Waals surface area contributed by atoms with E-state index in [1.54, 1.807) is 6.20 Å². The Balaban J connectivity index is 1.67. The molecule has 3 aromatic rings. The van der Waals surface area contributed by atoms with Crippen molar-refractivity contribution in [1.82, 2.24) is 15.0 Å². The number of aromatic nitrogens is 3. The van der Waals surface area contributed by atoms with Crippen molar-refractivity contribution in [3.63, 3.8) is 0 Å². The van der Waals surface area contributed by atoms with Crippen LogP contribution in [0.25, 0.3) is 11.5 Å². The van der Waals surface area contributed by atoms with Crippen LogP contribution in [0.15, 0.2) is 48.7 Å². The molecule has 1 aliphatic carbocycles. The molecule has 144 valence electrons. The van der Waals surface area contributed by atoms with Gasteiger partial charge in [0.05, 0.1) is 6.10 Å². The van der Waals surface area contributed by atoms with Crippen LogP contribution in [0.3, 0.4) is 0 Å². The molecular formula is C23H26N4O. The number of anilines is 1. The lowest BCUT2D eigenvalue weighted by Crippen LogP contribution is -2.30. The summed E-state index contributed by atoms with van der Waals surface area (Å²) in [5, 5.41) is 10.8. The summed E-state index contributed by atoms with van der Waals surface area (Å²) in [5.41, 5.74) is 5.25. The third kappa shape index (κ3) is 3.76. The summed E-state index contributed by atoms with van der Waals surface area (Å²) < 4.78 is 0. The van der Waals surface area contributed by atoms with Crippen molar-refractivity contribution in [2.45, 2.75) is 39.2 Å². The Kier molecular flexibility index (Phi) is 5.35. The molecule has 5 heteroatoms. The van der Waals surface area contributed by atoms with E-state index in [9.17, 15) is 5.11 Å².